The van der Waals surface area contributed by atoms with Crippen LogP contribution in [0.1, 0.15) is 5.56 Å². The maximum absolute atomic E-state index is 10.6. The lowest BCUT2D eigenvalue weighted by Crippen LogP contribution is -1.90. The van der Waals surface area contributed by atoms with Crippen molar-refractivity contribution in [2.45, 2.75) is 5.75 Å². The molecule has 3 nitrogen and oxygen atoms in total. The highest BCUT2D eigenvalue weighted by molar-refractivity contribution is 7.78. The van der Waals surface area contributed by atoms with E-state index in [-0.39, 0.29) is 5.75 Å². The van der Waals surface area contributed by atoms with Crippen LogP contribution in [-0.2, 0) is 16.8 Å². The summed E-state index contributed by atoms with van der Waals surface area (Å²) in [5.74, 6) is 0.185. The van der Waals surface area contributed by atoms with Crippen LogP contribution in [0.3, 0.4) is 0 Å². The third-order valence-electron chi connectivity index (χ3n) is 1.95. The second-order valence-corrected chi connectivity index (χ2v) is 3.76. The first-order chi connectivity index (χ1) is 6.27. The highest BCUT2D eigenvalue weighted by atomic mass is 32.2. The summed E-state index contributed by atoms with van der Waals surface area (Å²) in [5.41, 5.74) is 1.89. The molecule has 0 bridgehead atoms. The van der Waals surface area contributed by atoms with Gasteiger partial charge in [0.25, 0.3) is 0 Å². The molecule has 0 radical (unpaired) electrons. The van der Waals surface area contributed by atoms with E-state index in [1.54, 1.807) is 6.20 Å². The van der Waals surface area contributed by atoms with Crippen LogP contribution in [0, 0.1) is 0 Å². The Labute approximate surface area is 78.1 Å². The molecular formula is C9H9NO2S. The van der Waals surface area contributed by atoms with E-state index in [9.17, 15) is 4.21 Å². The van der Waals surface area contributed by atoms with E-state index in [2.05, 4.69) is 4.98 Å². The number of fused-ring (bicyclic) bond motifs is 1. The first kappa shape index (κ1) is 8.47. The molecule has 1 unspecified atom stereocenters. The van der Waals surface area contributed by atoms with Crippen LogP contribution in [-0.4, -0.2) is 13.7 Å². The van der Waals surface area contributed by atoms with Crippen molar-refractivity contribution < 1.29 is 8.76 Å². The standard InChI is InChI=1S/C9H9NO2S/c11-13(12)6-7-5-10-9-4-2-1-3-8(7)9/h1-5,10H,6H2,(H,11,12). The van der Waals surface area contributed by atoms with Gasteiger partial charge in [-0.3, -0.25) is 0 Å². The average molecular weight is 195 g/mol. The molecule has 2 N–H and O–H groups in total. The van der Waals surface area contributed by atoms with E-state index in [1.165, 1.54) is 0 Å². The van der Waals surface area contributed by atoms with E-state index in [1.807, 2.05) is 24.3 Å². The number of hydrogen-bond donors (Lipinski definition) is 2. The molecule has 13 heavy (non-hydrogen) atoms. The zero-order valence-corrected chi connectivity index (χ0v) is 7.67. The molecule has 2 rings (SSSR count). The van der Waals surface area contributed by atoms with Crippen LogP contribution in [0.2, 0.25) is 0 Å². The van der Waals surface area contributed by atoms with Gasteiger partial charge in [-0.25, -0.2) is 4.21 Å². The summed E-state index contributed by atoms with van der Waals surface area (Å²) < 4.78 is 19.3. The van der Waals surface area contributed by atoms with Crippen LogP contribution in [0.5, 0.6) is 0 Å². The number of rotatable bonds is 2. The number of benzene rings is 1. The lowest BCUT2D eigenvalue weighted by Gasteiger charge is -1.93. The van der Waals surface area contributed by atoms with Gasteiger partial charge >= 0.3 is 0 Å². The van der Waals surface area contributed by atoms with Gasteiger partial charge in [0.1, 0.15) is 0 Å². The summed E-state index contributed by atoms with van der Waals surface area (Å²) in [5, 5.41) is 1.02. The Hall–Kier alpha value is -1.13. The summed E-state index contributed by atoms with van der Waals surface area (Å²) in [6, 6.07) is 7.73. The molecule has 1 aromatic heterocycles. The normalized spacial score (nSPS) is 13.3. The molecule has 1 atom stereocenters. The summed E-state index contributed by atoms with van der Waals surface area (Å²) in [6.07, 6.45) is 1.78. The molecule has 0 fully saturated rings. The molecule has 68 valence electrons. The minimum absolute atomic E-state index is 0.185. The Balaban J connectivity index is 2.51. The molecule has 2 aromatic rings. The zero-order chi connectivity index (χ0) is 9.26. The minimum Gasteiger partial charge on any atom is -0.361 e. The predicted octanol–water partition coefficient (Wildman–Crippen LogP) is 1.89. The van der Waals surface area contributed by atoms with Crippen LogP contribution >= 0.6 is 0 Å². The van der Waals surface area contributed by atoms with Gasteiger partial charge in [-0.15, -0.1) is 0 Å². The Kier molecular flexibility index (Phi) is 2.16. The Morgan fingerprint density at radius 3 is 2.92 bits per heavy atom. The van der Waals surface area contributed by atoms with E-state index in [0.29, 0.717) is 0 Å². The third-order valence-corrected chi connectivity index (χ3v) is 2.51. The fourth-order valence-corrected chi connectivity index (χ4v) is 1.89. The molecule has 0 aliphatic carbocycles. The van der Waals surface area contributed by atoms with Gasteiger partial charge in [0, 0.05) is 17.1 Å². The van der Waals surface area contributed by atoms with Crippen molar-refractivity contribution in [2.24, 2.45) is 0 Å². The fraction of sp³-hybridized carbons (Fsp3) is 0.111. The van der Waals surface area contributed by atoms with Crippen LogP contribution in [0.4, 0.5) is 0 Å². The summed E-state index contributed by atoms with van der Waals surface area (Å²) in [4.78, 5) is 3.05. The Bertz CT molecular complexity index is 450. The first-order valence-electron chi connectivity index (χ1n) is 3.90. The average Bonchev–Trinajstić information content (AvgIpc) is 2.48. The lowest BCUT2D eigenvalue weighted by molar-refractivity contribution is 0.563. The van der Waals surface area contributed by atoms with E-state index < -0.39 is 11.1 Å². The van der Waals surface area contributed by atoms with E-state index in [0.717, 1.165) is 16.5 Å². The van der Waals surface area contributed by atoms with Crippen molar-refractivity contribution in [1.82, 2.24) is 4.98 Å². The van der Waals surface area contributed by atoms with Crippen molar-refractivity contribution >= 4 is 22.0 Å². The monoisotopic (exact) mass is 195 g/mol. The molecule has 1 aromatic carbocycles. The summed E-state index contributed by atoms with van der Waals surface area (Å²) >= 11 is -1.77. The largest absolute Gasteiger partial charge is 0.361 e. The van der Waals surface area contributed by atoms with Gasteiger partial charge in [0.15, 0.2) is 11.1 Å². The second-order valence-electron chi connectivity index (χ2n) is 2.83. The number of H-pyrrole nitrogens is 1. The fourth-order valence-electron chi connectivity index (χ4n) is 1.38. The van der Waals surface area contributed by atoms with Crippen LogP contribution in [0.25, 0.3) is 10.9 Å². The van der Waals surface area contributed by atoms with Gasteiger partial charge < -0.3 is 9.54 Å². The SMILES string of the molecule is O=S(O)Cc1c[nH]c2ccccc12. The quantitative estimate of drug-likeness (QED) is 0.719. The smallest absolute Gasteiger partial charge is 0.157 e. The van der Waals surface area contributed by atoms with Crippen molar-refractivity contribution in [1.29, 1.82) is 0 Å². The lowest BCUT2D eigenvalue weighted by atomic mass is 10.2. The highest BCUT2D eigenvalue weighted by Gasteiger charge is 2.04. The van der Waals surface area contributed by atoms with Gasteiger partial charge in [-0.2, -0.15) is 0 Å². The number of para-hydroxylation sites is 1. The van der Waals surface area contributed by atoms with Gasteiger partial charge in [-0.05, 0) is 11.6 Å². The van der Waals surface area contributed by atoms with Crippen molar-refractivity contribution in [3.63, 3.8) is 0 Å². The maximum Gasteiger partial charge on any atom is 0.157 e. The molecule has 0 spiro atoms. The van der Waals surface area contributed by atoms with Crippen molar-refractivity contribution in [3.8, 4) is 0 Å². The number of hydrogen-bond acceptors (Lipinski definition) is 1. The number of aromatic nitrogens is 1. The molecule has 0 aliphatic heterocycles. The summed E-state index contributed by atoms with van der Waals surface area (Å²) in [6.45, 7) is 0. The van der Waals surface area contributed by atoms with E-state index in [4.69, 9.17) is 4.55 Å². The molecule has 0 saturated carbocycles. The topological polar surface area (TPSA) is 53.1 Å². The molecule has 4 heteroatoms. The predicted molar refractivity (Wildman–Crippen MR) is 52.8 cm³/mol. The second kappa shape index (κ2) is 3.32. The van der Waals surface area contributed by atoms with Gasteiger partial charge in [0.2, 0.25) is 0 Å². The maximum atomic E-state index is 10.6. The van der Waals surface area contributed by atoms with Crippen molar-refractivity contribution in [2.75, 3.05) is 0 Å². The third kappa shape index (κ3) is 1.64. The number of nitrogens with one attached hydrogen (secondary N) is 1. The molecular weight excluding hydrogens is 186 g/mol. The Morgan fingerprint density at radius 2 is 2.15 bits per heavy atom. The number of aromatic amines is 1. The molecule has 1 heterocycles. The molecule has 0 saturated heterocycles. The van der Waals surface area contributed by atoms with Gasteiger partial charge in [0.05, 0.1) is 5.75 Å². The van der Waals surface area contributed by atoms with Gasteiger partial charge in [-0.1, -0.05) is 18.2 Å². The van der Waals surface area contributed by atoms with E-state index >= 15 is 0 Å². The van der Waals surface area contributed by atoms with Crippen molar-refractivity contribution in [3.05, 3.63) is 36.0 Å². The summed E-state index contributed by atoms with van der Waals surface area (Å²) in [7, 11) is 0. The Morgan fingerprint density at radius 1 is 1.38 bits per heavy atom. The first-order valence-corrected chi connectivity index (χ1v) is 5.17. The molecule has 0 aliphatic rings. The minimum atomic E-state index is -1.77. The van der Waals surface area contributed by atoms with Crippen LogP contribution < -0.4 is 0 Å². The zero-order valence-electron chi connectivity index (χ0n) is 6.86. The van der Waals surface area contributed by atoms with Crippen LogP contribution in [0.15, 0.2) is 30.5 Å². The molecule has 0 amide bonds. The highest BCUT2D eigenvalue weighted by Crippen LogP contribution is 2.18.